The van der Waals surface area contributed by atoms with Crippen LogP contribution in [-0.4, -0.2) is 33.9 Å². The fourth-order valence-electron chi connectivity index (χ4n) is 2.48. The summed E-state index contributed by atoms with van der Waals surface area (Å²) in [6.07, 6.45) is 4.67. The minimum Gasteiger partial charge on any atom is -0.377 e. The first-order valence-electron chi connectivity index (χ1n) is 6.95. The summed E-state index contributed by atoms with van der Waals surface area (Å²) in [5.41, 5.74) is 1.09. The number of hydrogen-bond donors (Lipinski definition) is 1. The molecule has 0 radical (unpaired) electrons. The molecule has 1 aromatic carbocycles. The Morgan fingerprint density at radius 1 is 1.30 bits per heavy atom. The van der Waals surface area contributed by atoms with Gasteiger partial charge in [0, 0.05) is 26.0 Å². The minimum absolute atomic E-state index is 0.000951. The van der Waals surface area contributed by atoms with Crippen molar-refractivity contribution in [3.05, 3.63) is 29.8 Å². The molecule has 20 heavy (non-hydrogen) atoms. The molecule has 0 saturated heterocycles. The summed E-state index contributed by atoms with van der Waals surface area (Å²) < 4.78 is 28.4. The molecule has 0 aliphatic heterocycles. The van der Waals surface area contributed by atoms with Gasteiger partial charge in [0.25, 0.3) is 0 Å². The van der Waals surface area contributed by atoms with Crippen molar-refractivity contribution in [2.45, 2.75) is 42.7 Å². The highest BCUT2D eigenvalue weighted by molar-refractivity contribution is 7.90. The lowest BCUT2D eigenvalue weighted by atomic mass is 9.80. The van der Waals surface area contributed by atoms with Gasteiger partial charge in [0.1, 0.15) is 0 Å². The molecule has 0 amide bonds. The van der Waals surface area contributed by atoms with E-state index in [0.29, 0.717) is 4.90 Å². The van der Waals surface area contributed by atoms with Crippen LogP contribution in [0.1, 0.15) is 37.8 Å². The molecule has 2 rings (SSSR count). The van der Waals surface area contributed by atoms with Crippen molar-refractivity contribution in [2.24, 2.45) is 0 Å². The van der Waals surface area contributed by atoms with Gasteiger partial charge in [-0.15, -0.1) is 0 Å². The molecule has 1 aliphatic rings. The largest absolute Gasteiger partial charge is 0.377 e. The van der Waals surface area contributed by atoms with E-state index < -0.39 is 9.84 Å². The van der Waals surface area contributed by atoms with Crippen LogP contribution in [0.2, 0.25) is 0 Å². The highest BCUT2D eigenvalue weighted by atomic mass is 32.2. The van der Waals surface area contributed by atoms with Crippen LogP contribution in [0.3, 0.4) is 0 Å². The second-order valence-electron chi connectivity index (χ2n) is 5.68. The SMILES string of the molecule is COC1(CNC(C)c2ccc(S(C)(=O)=O)cc2)CCC1. The van der Waals surface area contributed by atoms with Crippen LogP contribution >= 0.6 is 0 Å². The van der Waals surface area contributed by atoms with Crippen LogP contribution in [0.5, 0.6) is 0 Å². The molecule has 1 aromatic rings. The Labute approximate surface area is 121 Å². The lowest BCUT2D eigenvalue weighted by Crippen LogP contribution is -2.48. The predicted molar refractivity (Wildman–Crippen MR) is 79.6 cm³/mol. The summed E-state index contributed by atoms with van der Waals surface area (Å²) in [6.45, 7) is 2.91. The van der Waals surface area contributed by atoms with Gasteiger partial charge in [-0.1, -0.05) is 12.1 Å². The maximum atomic E-state index is 11.4. The molecule has 5 heteroatoms. The van der Waals surface area contributed by atoms with Crippen molar-refractivity contribution in [1.29, 1.82) is 0 Å². The van der Waals surface area contributed by atoms with E-state index in [1.54, 1.807) is 19.2 Å². The quantitative estimate of drug-likeness (QED) is 0.875. The number of ether oxygens (including phenoxy) is 1. The van der Waals surface area contributed by atoms with E-state index in [2.05, 4.69) is 12.2 Å². The number of benzene rings is 1. The smallest absolute Gasteiger partial charge is 0.175 e. The van der Waals surface area contributed by atoms with Gasteiger partial charge in [0.05, 0.1) is 10.5 Å². The molecule has 1 fully saturated rings. The second-order valence-corrected chi connectivity index (χ2v) is 7.70. The summed E-state index contributed by atoms with van der Waals surface area (Å²) in [4.78, 5) is 0.362. The van der Waals surface area contributed by atoms with E-state index >= 15 is 0 Å². The molecule has 1 saturated carbocycles. The van der Waals surface area contributed by atoms with Crippen molar-refractivity contribution >= 4 is 9.84 Å². The van der Waals surface area contributed by atoms with Gasteiger partial charge >= 0.3 is 0 Å². The van der Waals surface area contributed by atoms with Crippen molar-refractivity contribution in [2.75, 3.05) is 19.9 Å². The van der Waals surface area contributed by atoms with Gasteiger partial charge in [-0.3, -0.25) is 0 Å². The van der Waals surface area contributed by atoms with Crippen LogP contribution in [0, 0.1) is 0 Å². The van der Waals surface area contributed by atoms with Crippen molar-refractivity contribution < 1.29 is 13.2 Å². The zero-order valence-electron chi connectivity index (χ0n) is 12.3. The number of methoxy groups -OCH3 is 1. The van der Waals surface area contributed by atoms with Gasteiger partial charge in [0.2, 0.25) is 0 Å². The summed E-state index contributed by atoms with van der Waals surface area (Å²) in [5, 5.41) is 3.48. The Kier molecular flexibility index (Phi) is 4.52. The molecular weight excluding hydrogens is 274 g/mol. The third kappa shape index (κ3) is 3.40. The zero-order chi connectivity index (χ0) is 14.8. The topological polar surface area (TPSA) is 55.4 Å². The highest BCUT2D eigenvalue weighted by Gasteiger charge is 2.36. The van der Waals surface area contributed by atoms with Crippen LogP contribution in [-0.2, 0) is 14.6 Å². The molecule has 0 bridgehead atoms. The minimum atomic E-state index is -3.12. The standard InChI is InChI=1S/C15H23NO3S/c1-12(16-11-15(19-2)9-4-10-15)13-5-7-14(8-6-13)20(3,17)18/h5-8,12,16H,4,9-11H2,1-3H3. The molecule has 1 unspecified atom stereocenters. The van der Waals surface area contributed by atoms with Crippen molar-refractivity contribution in [3.63, 3.8) is 0 Å². The number of sulfone groups is 1. The highest BCUT2D eigenvalue weighted by Crippen LogP contribution is 2.34. The normalized spacial score (nSPS) is 19.4. The molecule has 112 valence electrons. The van der Waals surface area contributed by atoms with Crippen LogP contribution in [0.15, 0.2) is 29.2 Å². The third-order valence-corrected chi connectivity index (χ3v) is 5.36. The molecular formula is C15H23NO3S. The Morgan fingerprint density at radius 2 is 1.90 bits per heavy atom. The number of rotatable bonds is 6. The van der Waals surface area contributed by atoms with Crippen LogP contribution < -0.4 is 5.32 Å². The lowest BCUT2D eigenvalue weighted by Gasteiger charge is -2.41. The van der Waals surface area contributed by atoms with Crippen LogP contribution in [0.4, 0.5) is 0 Å². The van der Waals surface area contributed by atoms with Gasteiger partial charge in [0.15, 0.2) is 9.84 Å². The summed E-state index contributed by atoms with van der Waals surface area (Å²) in [7, 11) is -1.35. The van der Waals surface area contributed by atoms with E-state index in [1.165, 1.54) is 12.7 Å². The summed E-state index contributed by atoms with van der Waals surface area (Å²) >= 11 is 0. The van der Waals surface area contributed by atoms with Gasteiger partial charge < -0.3 is 10.1 Å². The van der Waals surface area contributed by atoms with E-state index in [0.717, 1.165) is 24.9 Å². The average Bonchev–Trinajstić information content (AvgIpc) is 2.37. The number of nitrogens with one attached hydrogen (secondary N) is 1. The maximum Gasteiger partial charge on any atom is 0.175 e. The Balaban J connectivity index is 1.97. The third-order valence-electron chi connectivity index (χ3n) is 4.24. The average molecular weight is 297 g/mol. The van der Waals surface area contributed by atoms with E-state index in [-0.39, 0.29) is 11.6 Å². The first kappa shape index (κ1) is 15.5. The number of hydrogen-bond acceptors (Lipinski definition) is 4. The molecule has 1 N–H and O–H groups in total. The monoisotopic (exact) mass is 297 g/mol. The van der Waals surface area contributed by atoms with Crippen LogP contribution in [0.25, 0.3) is 0 Å². The molecule has 0 spiro atoms. The van der Waals surface area contributed by atoms with E-state index in [9.17, 15) is 8.42 Å². The van der Waals surface area contributed by atoms with Gasteiger partial charge in [-0.05, 0) is 43.9 Å². The Bertz CT molecular complexity index is 541. The van der Waals surface area contributed by atoms with Gasteiger partial charge in [-0.25, -0.2) is 8.42 Å². The molecule has 0 aromatic heterocycles. The molecule has 1 atom stereocenters. The maximum absolute atomic E-state index is 11.4. The zero-order valence-corrected chi connectivity index (χ0v) is 13.2. The van der Waals surface area contributed by atoms with Gasteiger partial charge in [-0.2, -0.15) is 0 Å². The van der Waals surface area contributed by atoms with Crippen molar-refractivity contribution in [1.82, 2.24) is 5.32 Å². The molecule has 1 aliphatic carbocycles. The van der Waals surface area contributed by atoms with E-state index in [4.69, 9.17) is 4.74 Å². The summed E-state index contributed by atoms with van der Waals surface area (Å²) in [5.74, 6) is 0. The lowest BCUT2D eigenvalue weighted by molar-refractivity contribution is -0.0706. The predicted octanol–water partition coefficient (Wildman–Crippen LogP) is 2.31. The molecule has 4 nitrogen and oxygen atoms in total. The fraction of sp³-hybridized carbons (Fsp3) is 0.600. The molecule has 0 heterocycles. The Hall–Kier alpha value is -0.910. The Morgan fingerprint density at radius 3 is 2.30 bits per heavy atom. The first-order chi connectivity index (χ1) is 9.36. The van der Waals surface area contributed by atoms with Crippen molar-refractivity contribution in [3.8, 4) is 0 Å². The van der Waals surface area contributed by atoms with E-state index in [1.807, 2.05) is 12.1 Å². The first-order valence-corrected chi connectivity index (χ1v) is 8.84. The second kappa shape index (κ2) is 5.84. The fourth-order valence-corrected chi connectivity index (χ4v) is 3.12. The summed E-state index contributed by atoms with van der Waals surface area (Å²) in [6, 6.07) is 7.25.